The molecule has 0 radical (unpaired) electrons. The van der Waals surface area contributed by atoms with Gasteiger partial charge in [-0.05, 0) is 42.5 Å². The number of nitrogens with one attached hydrogen (secondary N) is 1. The van der Waals surface area contributed by atoms with Crippen LogP contribution in [0.2, 0.25) is 0 Å². The normalized spacial score (nSPS) is 19.6. The Hall–Kier alpha value is -1.32. The third kappa shape index (κ3) is 2.25. The van der Waals surface area contributed by atoms with Gasteiger partial charge in [0.2, 0.25) is 0 Å². The van der Waals surface area contributed by atoms with Gasteiger partial charge in [0.1, 0.15) is 0 Å². The fourth-order valence-electron chi connectivity index (χ4n) is 3.69. The number of piperazine rings is 1. The molecule has 1 N–H and O–H groups in total. The van der Waals surface area contributed by atoms with Crippen molar-refractivity contribution in [3.63, 3.8) is 0 Å². The minimum absolute atomic E-state index is 1.15. The maximum Gasteiger partial charge on any atom is 0.0513 e. The fraction of sp³-hybridized carbons (Fsp3) is 0.529. The van der Waals surface area contributed by atoms with Crippen LogP contribution in [0, 0.1) is 0 Å². The van der Waals surface area contributed by atoms with Crippen LogP contribution in [0.3, 0.4) is 0 Å². The van der Waals surface area contributed by atoms with Gasteiger partial charge in [0.15, 0.2) is 0 Å². The lowest BCUT2D eigenvalue weighted by Crippen LogP contribution is -2.44. The highest BCUT2D eigenvalue weighted by molar-refractivity contribution is 5.84. The van der Waals surface area contributed by atoms with Crippen LogP contribution in [0.15, 0.2) is 24.4 Å². The minimum Gasteiger partial charge on any atom is -0.347 e. The van der Waals surface area contributed by atoms with Gasteiger partial charge < -0.3 is 14.8 Å². The van der Waals surface area contributed by atoms with Crippen molar-refractivity contribution in [1.82, 2.24) is 14.8 Å². The molecule has 0 spiro atoms. The van der Waals surface area contributed by atoms with Crippen LogP contribution >= 0.6 is 0 Å². The van der Waals surface area contributed by atoms with Crippen molar-refractivity contribution >= 4 is 10.9 Å². The van der Waals surface area contributed by atoms with E-state index in [2.05, 4.69) is 39.2 Å². The molecule has 1 saturated heterocycles. The van der Waals surface area contributed by atoms with E-state index in [1.807, 2.05) is 0 Å². The van der Waals surface area contributed by atoms with Gasteiger partial charge in [0.05, 0.1) is 5.52 Å². The number of hydrogen-bond donors (Lipinski definition) is 1. The first-order valence-electron chi connectivity index (χ1n) is 7.94. The number of aryl methyl sites for hydroxylation is 2. The van der Waals surface area contributed by atoms with Crippen molar-refractivity contribution in [3.8, 4) is 0 Å². The van der Waals surface area contributed by atoms with Crippen LogP contribution in [0.1, 0.15) is 17.5 Å². The highest BCUT2D eigenvalue weighted by Crippen LogP contribution is 2.27. The molecule has 3 heteroatoms. The lowest BCUT2D eigenvalue weighted by atomic mass is 9.99. The summed E-state index contributed by atoms with van der Waals surface area (Å²) in [6.07, 6.45) is 5.99. The average Bonchev–Trinajstić information content (AvgIpc) is 2.91. The maximum atomic E-state index is 3.42. The number of rotatable bonds is 3. The third-order valence-corrected chi connectivity index (χ3v) is 4.77. The van der Waals surface area contributed by atoms with Gasteiger partial charge >= 0.3 is 0 Å². The SMILES string of the molecule is c1c(CCN2CCNCC2)cc2ccn3c2c1CCC3. The summed E-state index contributed by atoms with van der Waals surface area (Å²) < 4.78 is 2.42. The molecule has 0 atom stereocenters. The quantitative estimate of drug-likeness (QED) is 0.920. The Kier molecular flexibility index (Phi) is 3.25. The zero-order valence-corrected chi connectivity index (χ0v) is 12.1. The largest absolute Gasteiger partial charge is 0.347 e. The second kappa shape index (κ2) is 5.23. The molecule has 2 aromatic rings. The van der Waals surface area contributed by atoms with E-state index in [4.69, 9.17) is 0 Å². The first-order chi connectivity index (χ1) is 9.90. The van der Waals surface area contributed by atoms with E-state index in [1.165, 1.54) is 61.9 Å². The Morgan fingerprint density at radius 1 is 1.10 bits per heavy atom. The number of hydrogen-bond acceptors (Lipinski definition) is 2. The summed E-state index contributed by atoms with van der Waals surface area (Å²) in [4.78, 5) is 2.58. The van der Waals surface area contributed by atoms with Gasteiger partial charge in [-0.3, -0.25) is 0 Å². The zero-order chi connectivity index (χ0) is 13.4. The number of aromatic nitrogens is 1. The zero-order valence-electron chi connectivity index (χ0n) is 12.1. The number of nitrogens with zero attached hydrogens (tertiary/aromatic N) is 2. The topological polar surface area (TPSA) is 20.2 Å². The molecule has 0 saturated carbocycles. The third-order valence-electron chi connectivity index (χ3n) is 4.77. The molecule has 20 heavy (non-hydrogen) atoms. The summed E-state index contributed by atoms with van der Waals surface area (Å²) in [5.74, 6) is 0. The van der Waals surface area contributed by atoms with Crippen LogP contribution in [-0.4, -0.2) is 42.2 Å². The van der Waals surface area contributed by atoms with Crippen molar-refractivity contribution in [3.05, 3.63) is 35.5 Å². The van der Waals surface area contributed by atoms with Gasteiger partial charge in [-0.1, -0.05) is 6.07 Å². The van der Waals surface area contributed by atoms with Crippen molar-refractivity contribution < 1.29 is 0 Å². The Morgan fingerprint density at radius 2 is 2.00 bits per heavy atom. The monoisotopic (exact) mass is 269 g/mol. The molecule has 0 bridgehead atoms. The summed E-state index contributed by atoms with van der Waals surface area (Å²) in [5, 5.41) is 4.86. The molecule has 3 nitrogen and oxygen atoms in total. The summed E-state index contributed by atoms with van der Waals surface area (Å²) in [6.45, 7) is 7.08. The molecular formula is C17H23N3. The molecule has 4 rings (SSSR count). The van der Waals surface area contributed by atoms with Gasteiger partial charge in [-0.2, -0.15) is 0 Å². The van der Waals surface area contributed by atoms with Crippen LogP contribution in [0.5, 0.6) is 0 Å². The predicted octanol–water partition coefficient (Wildman–Crippen LogP) is 2.04. The van der Waals surface area contributed by atoms with Crippen molar-refractivity contribution in [2.45, 2.75) is 25.8 Å². The lowest BCUT2D eigenvalue weighted by molar-refractivity contribution is 0.244. The van der Waals surface area contributed by atoms with E-state index in [1.54, 1.807) is 5.56 Å². The van der Waals surface area contributed by atoms with E-state index in [0.717, 1.165) is 13.1 Å². The lowest BCUT2D eigenvalue weighted by Gasteiger charge is -2.27. The maximum absolute atomic E-state index is 3.42. The molecule has 0 amide bonds. The van der Waals surface area contributed by atoms with E-state index >= 15 is 0 Å². The van der Waals surface area contributed by atoms with E-state index in [0.29, 0.717) is 0 Å². The second-order valence-electron chi connectivity index (χ2n) is 6.15. The van der Waals surface area contributed by atoms with Crippen LogP contribution < -0.4 is 5.32 Å². The highest BCUT2D eigenvalue weighted by Gasteiger charge is 2.14. The van der Waals surface area contributed by atoms with Crippen LogP contribution in [0.25, 0.3) is 10.9 Å². The first-order valence-corrected chi connectivity index (χ1v) is 7.94. The fourth-order valence-corrected chi connectivity index (χ4v) is 3.69. The molecule has 0 aliphatic carbocycles. The van der Waals surface area contributed by atoms with Gasteiger partial charge in [-0.25, -0.2) is 0 Å². The van der Waals surface area contributed by atoms with Crippen LogP contribution in [0.4, 0.5) is 0 Å². The van der Waals surface area contributed by atoms with E-state index in [-0.39, 0.29) is 0 Å². The van der Waals surface area contributed by atoms with Crippen molar-refractivity contribution in [2.24, 2.45) is 0 Å². The van der Waals surface area contributed by atoms with Gasteiger partial charge in [-0.15, -0.1) is 0 Å². The molecule has 2 aliphatic heterocycles. The van der Waals surface area contributed by atoms with E-state index < -0.39 is 0 Å². The van der Waals surface area contributed by atoms with E-state index in [9.17, 15) is 0 Å². The smallest absolute Gasteiger partial charge is 0.0513 e. The predicted molar refractivity (Wildman–Crippen MR) is 83.3 cm³/mol. The summed E-state index contributed by atoms with van der Waals surface area (Å²) in [6, 6.07) is 7.15. The molecule has 106 valence electrons. The summed E-state index contributed by atoms with van der Waals surface area (Å²) in [5.41, 5.74) is 4.57. The van der Waals surface area contributed by atoms with Crippen molar-refractivity contribution in [2.75, 3.05) is 32.7 Å². The van der Waals surface area contributed by atoms with Gasteiger partial charge in [0.25, 0.3) is 0 Å². The van der Waals surface area contributed by atoms with Crippen molar-refractivity contribution in [1.29, 1.82) is 0 Å². The summed E-state index contributed by atoms with van der Waals surface area (Å²) in [7, 11) is 0. The first kappa shape index (κ1) is 12.4. The van der Waals surface area contributed by atoms with Crippen LogP contribution in [-0.2, 0) is 19.4 Å². The standard InChI is InChI=1S/C17H23N3/c1-2-15-12-14(3-8-19-10-5-18-6-11-19)13-16-4-9-20(7-1)17(15)16/h4,9,12-13,18H,1-3,5-8,10-11H2. The number of benzene rings is 1. The average molecular weight is 269 g/mol. The highest BCUT2D eigenvalue weighted by atomic mass is 15.2. The molecule has 1 aromatic heterocycles. The molecule has 3 heterocycles. The Bertz CT molecular complexity index is 608. The Labute approximate surface area is 120 Å². The minimum atomic E-state index is 1.15. The Balaban J connectivity index is 1.55. The molecule has 2 aliphatic rings. The molecular weight excluding hydrogens is 246 g/mol. The Morgan fingerprint density at radius 3 is 2.90 bits per heavy atom. The molecule has 1 fully saturated rings. The molecule has 1 aromatic carbocycles. The van der Waals surface area contributed by atoms with Gasteiger partial charge in [0, 0.05) is 50.9 Å². The summed E-state index contributed by atoms with van der Waals surface area (Å²) >= 11 is 0. The molecule has 0 unspecified atom stereocenters. The second-order valence-corrected chi connectivity index (χ2v) is 6.15.